The van der Waals surface area contributed by atoms with Gasteiger partial charge in [0.2, 0.25) is 0 Å². The lowest BCUT2D eigenvalue weighted by molar-refractivity contribution is 0.0773. The molecule has 0 saturated heterocycles. The van der Waals surface area contributed by atoms with Crippen LogP contribution in [-0.2, 0) is 12.8 Å². The number of hydrogen-bond acceptors (Lipinski definition) is 3. The van der Waals surface area contributed by atoms with E-state index < -0.39 is 0 Å². The van der Waals surface area contributed by atoms with E-state index in [2.05, 4.69) is 12.2 Å². The van der Waals surface area contributed by atoms with Crippen LogP contribution < -0.4 is 5.32 Å². The van der Waals surface area contributed by atoms with Crippen LogP contribution in [0.3, 0.4) is 0 Å². The van der Waals surface area contributed by atoms with Crippen LogP contribution in [0.1, 0.15) is 57.7 Å². The fourth-order valence-electron chi connectivity index (χ4n) is 3.40. The summed E-state index contributed by atoms with van der Waals surface area (Å²) >= 11 is 1.61. The molecule has 0 bridgehead atoms. The number of nitrogens with zero attached hydrogens (tertiary/aromatic N) is 1. The standard InChI is InChI=1S/C21H26N2O2S/c1-4-23(5-2)21(25)15-7-9-17(10-8-15)22-20(24)19-13-16-12-14(3)6-11-18(16)26-19/h7-10,13-14H,4-6,11-12H2,1-3H3,(H,22,24)/t14-/m1/s1. The number of fused-ring (bicyclic) bond motifs is 1. The Balaban J connectivity index is 1.67. The fourth-order valence-corrected chi connectivity index (χ4v) is 4.50. The van der Waals surface area contributed by atoms with Gasteiger partial charge in [-0.15, -0.1) is 11.3 Å². The Morgan fingerprint density at radius 3 is 2.54 bits per heavy atom. The minimum Gasteiger partial charge on any atom is -0.339 e. The summed E-state index contributed by atoms with van der Waals surface area (Å²) in [6.07, 6.45) is 3.36. The maximum absolute atomic E-state index is 12.6. The van der Waals surface area contributed by atoms with Gasteiger partial charge in [-0.1, -0.05) is 6.92 Å². The van der Waals surface area contributed by atoms with E-state index in [-0.39, 0.29) is 11.8 Å². The number of nitrogens with one attached hydrogen (secondary N) is 1. The third-order valence-electron chi connectivity index (χ3n) is 4.99. The summed E-state index contributed by atoms with van der Waals surface area (Å²) in [4.78, 5) is 28.8. The Morgan fingerprint density at radius 1 is 1.19 bits per heavy atom. The van der Waals surface area contributed by atoms with Crippen molar-refractivity contribution in [3.63, 3.8) is 0 Å². The number of anilines is 1. The molecule has 3 rings (SSSR count). The second kappa shape index (κ2) is 8.04. The van der Waals surface area contributed by atoms with Crippen molar-refractivity contribution >= 4 is 28.8 Å². The maximum atomic E-state index is 12.6. The smallest absolute Gasteiger partial charge is 0.265 e. The number of rotatable bonds is 5. The predicted octanol–water partition coefficient (Wildman–Crippen LogP) is 4.61. The zero-order valence-corrected chi connectivity index (χ0v) is 16.5. The molecule has 138 valence electrons. The molecule has 1 aliphatic rings. The highest BCUT2D eigenvalue weighted by molar-refractivity contribution is 7.14. The molecule has 2 aromatic rings. The highest BCUT2D eigenvalue weighted by Crippen LogP contribution is 2.32. The number of thiophene rings is 1. The van der Waals surface area contributed by atoms with Crippen molar-refractivity contribution in [1.82, 2.24) is 4.90 Å². The van der Waals surface area contributed by atoms with E-state index in [1.54, 1.807) is 40.5 Å². The summed E-state index contributed by atoms with van der Waals surface area (Å²) in [5.74, 6) is 0.650. The average molecular weight is 371 g/mol. The van der Waals surface area contributed by atoms with Crippen LogP contribution in [0, 0.1) is 5.92 Å². The number of hydrogen-bond donors (Lipinski definition) is 1. The third-order valence-corrected chi connectivity index (χ3v) is 6.23. The van der Waals surface area contributed by atoms with Gasteiger partial charge in [0.1, 0.15) is 0 Å². The predicted molar refractivity (Wildman–Crippen MR) is 107 cm³/mol. The first-order valence-electron chi connectivity index (χ1n) is 9.34. The van der Waals surface area contributed by atoms with Gasteiger partial charge in [-0.25, -0.2) is 0 Å². The first-order valence-corrected chi connectivity index (χ1v) is 10.2. The summed E-state index contributed by atoms with van der Waals surface area (Å²) in [6, 6.07) is 9.19. The van der Waals surface area contributed by atoms with E-state index in [1.807, 2.05) is 19.9 Å². The van der Waals surface area contributed by atoms with Crippen LogP contribution in [0.4, 0.5) is 5.69 Å². The zero-order chi connectivity index (χ0) is 18.7. The molecule has 0 fully saturated rings. The van der Waals surface area contributed by atoms with Gasteiger partial charge in [-0.05, 0) is 74.9 Å². The lowest BCUT2D eigenvalue weighted by Gasteiger charge is -2.18. The van der Waals surface area contributed by atoms with Crippen LogP contribution in [0.5, 0.6) is 0 Å². The van der Waals surface area contributed by atoms with Gasteiger partial charge in [0.05, 0.1) is 4.88 Å². The van der Waals surface area contributed by atoms with Crippen molar-refractivity contribution in [1.29, 1.82) is 0 Å². The quantitative estimate of drug-likeness (QED) is 0.836. The summed E-state index contributed by atoms with van der Waals surface area (Å²) in [7, 11) is 0. The Hall–Kier alpha value is -2.14. The van der Waals surface area contributed by atoms with E-state index in [4.69, 9.17) is 0 Å². The highest BCUT2D eigenvalue weighted by atomic mass is 32.1. The first-order chi connectivity index (χ1) is 12.5. The molecule has 4 nitrogen and oxygen atoms in total. The van der Waals surface area contributed by atoms with Gasteiger partial charge in [-0.3, -0.25) is 9.59 Å². The number of carbonyl (C=O) groups is 2. The Bertz CT molecular complexity index is 791. The van der Waals surface area contributed by atoms with Crippen molar-refractivity contribution in [3.05, 3.63) is 51.2 Å². The SMILES string of the molecule is CCN(CC)C(=O)c1ccc(NC(=O)c2cc3c(s2)CC[C@@H](C)C3)cc1. The summed E-state index contributed by atoms with van der Waals surface area (Å²) in [6.45, 7) is 7.58. The second-order valence-electron chi connectivity index (χ2n) is 6.92. The normalized spacial score (nSPS) is 16.0. The van der Waals surface area contributed by atoms with Gasteiger partial charge >= 0.3 is 0 Å². The Kier molecular flexibility index (Phi) is 5.77. The van der Waals surface area contributed by atoms with Gasteiger partial charge in [0.25, 0.3) is 11.8 Å². The summed E-state index contributed by atoms with van der Waals surface area (Å²) < 4.78 is 0. The summed E-state index contributed by atoms with van der Waals surface area (Å²) in [5.41, 5.74) is 2.69. The third kappa shape index (κ3) is 3.98. The van der Waals surface area contributed by atoms with Crippen molar-refractivity contribution in [2.24, 2.45) is 5.92 Å². The molecule has 0 spiro atoms. The minimum absolute atomic E-state index is 0.0212. The molecule has 0 unspecified atom stereocenters. The molecule has 1 N–H and O–H groups in total. The molecule has 1 aromatic heterocycles. The zero-order valence-electron chi connectivity index (χ0n) is 15.7. The topological polar surface area (TPSA) is 49.4 Å². The lowest BCUT2D eigenvalue weighted by Crippen LogP contribution is -2.30. The van der Waals surface area contributed by atoms with Crippen molar-refractivity contribution in [2.75, 3.05) is 18.4 Å². The van der Waals surface area contributed by atoms with E-state index in [0.29, 0.717) is 30.3 Å². The molecule has 2 amide bonds. The second-order valence-corrected chi connectivity index (χ2v) is 8.05. The van der Waals surface area contributed by atoms with Crippen molar-refractivity contribution in [3.8, 4) is 0 Å². The van der Waals surface area contributed by atoms with Gasteiger partial charge < -0.3 is 10.2 Å². The molecule has 1 aliphatic carbocycles. The largest absolute Gasteiger partial charge is 0.339 e. The average Bonchev–Trinajstić information content (AvgIpc) is 3.06. The van der Waals surface area contributed by atoms with E-state index >= 15 is 0 Å². The van der Waals surface area contributed by atoms with Gasteiger partial charge in [0, 0.05) is 29.2 Å². The first kappa shape index (κ1) is 18.6. The maximum Gasteiger partial charge on any atom is 0.265 e. The molecule has 5 heteroatoms. The van der Waals surface area contributed by atoms with E-state index in [0.717, 1.165) is 17.7 Å². The van der Waals surface area contributed by atoms with E-state index in [9.17, 15) is 9.59 Å². The minimum atomic E-state index is -0.0696. The fraction of sp³-hybridized carbons (Fsp3) is 0.429. The number of aryl methyl sites for hydroxylation is 1. The van der Waals surface area contributed by atoms with Crippen LogP contribution in [0.2, 0.25) is 0 Å². The van der Waals surface area contributed by atoms with Gasteiger partial charge in [0.15, 0.2) is 0 Å². The molecule has 1 heterocycles. The molecular formula is C21H26N2O2S. The Morgan fingerprint density at radius 2 is 1.88 bits per heavy atom. The molecule has 1 atom stereocenters. The summed E-state index contributed by atoms with van der Waals surface area (Å²) in [5, 5.41) is 2.95. The van der Waals surface area contributed by atoms with Crippen molar-refractivity contribution in [2.45, 2.75) is 40.0 Å². The number of carbonyl (C=O) groups excluding carboxylic acids is 2. The number of amides is 2. The lowest BCUT2D eigenvalue weighted by atomic mass is 9.90. The molecule has 0 aliphatic heterocycles. The Labute approximate surface area is 159 Å². The monoisotopic (exact) mass is 370 g/mol. The van der Waals surface area contributed by atoms with Crippen molar-refractivity contribution < 1.29 is 9.59 Å². The van der Waals surface area contributed by atoms with Gasteiger partial charge in [-0.2, -0.15) is 0 Å². The van der Waals surface area contributed by atoms with E-state index in [1.165, 1.54) is 16.9 Å². The molecule has 26 heavy (non-hydrogen) atoms. The molecule has 0 saturated carbocycles. The highest BCUT2D eigenvalue weighted by Gasteiger charge is 2.21. The molecule has 0 radical (unpaired) electrons. The van der Waals surface area contributed by atoms with Crippen LogP contribution >= 0.6 is 11.3 Å². The molecular weight excluding hydrogens is 344 g/mol. The number of benzene rings is 1. The van der Waals surface area contributed by atoms with Crippen LogP contribution in [0.15, 0.2) is 30.3 Å². The molecule has 1 aromatic carbocycles. The van der Waals surface area contributed by atoms with Crippen LogP contribution in [0.25, 0.3) is 0 Å². The van der Waals surface area contributed by atoms with Crippen LogP contribution in [-0.4, -0.2) is 29.8 Å².